The molecule has 0 fully saturated rings. The number of nitrogens with zero attached hydrogens (tertiary/aromatic N) is 4. The van der Waals surface area contributed by atoms with E-state index in [-0.39, 0.29) is 27.0 Å². The highest BCUT2D eigenvalue weighted by Gasteiger charge is 2.35. The Morgan fingerprint density at radius 1 is 1.00 bits per heavy atom. The van der Waals surface area contributed by atoms with E-state index in [4.69, 9.17) is 0 Å². The van der Waals surface area contributed by atoms with Crippen molar-refractivity contribution in [1.29, 1.82) is 0 Å². The number of aromatic nitrogens is 3. The van der Waals surface area contributed by atoms with Gasteiger partial charge < -0.3 is 0 Å². The zero-order chi connectivity index (χ0) is 19.1. The molecule has 2 heterocycles. The summed E-state index contributed by atoms with van der Waals surface area (Å²) >= 11 is 1.36. The van der Waals surface area contributed by atoms with Crippen molar-refractivity contribution in [3.8, 4) is 5.69 Å². The van der Waals surface area contributed by atoms with Crippen molar-refractivity contribution < 1.29 is 26.3 Å². The van der Waals surface area contributed by atoms with Gasteiger partial charge >= 0.3 is 12.4 Å². The van der Waals surface area contributed by atoms with Crippen LogP contribution in [-0.4, -0.2) is 14.8 Å². The molecule has 0 amide bonds. The SMILES string of the molecule is Cc1cn(-c2cccc(C(F)(F)F)c2)c(=Nc2nnc(C(F)(F)F)s2)s1. The van der Waals surface area contributed by atoms with Crippen molar-refractivity contribution in [2.24, 2.45) is 4.99 Å². The summed E-state index contributed by atoms with van der Waals surface area (Å²) in [5.74, 6) is 0. The maximum absolute atomic E-state index is 12.9. The van der Waals surface area contributed by atoms with Gasteiger partial charge in [-0.1, -0.05) is 17.4 Å². The van der Waals surface area contributed by atoms with E-state index in [1.165, 1.54) is 16.7 Å². The monoisotopic (exact) mass is 410 g/mol. The molecule has 0 spiro atoms. The standard InChI is InChI=1S/C14H8F6N4S2/c1-7-6-24(9-4-2-3-8(5-9)13(15,16)17)12(25-7)21-11-23-22-10(26-11)14(18,19)20/h2-6H,1H3. The van der Waals surface area contributed by atoms with Crippen LogP contribution in [0, 0.1) is 6.92 Å². The summed E-state index contributed by atoms with van der Waals surface area (Å²) in [5.41, 5.74) is -0.656. The third-order valence-electron chi connectivity index (χ3n) is 3.07. The highest BCUT2D eigenvalue weighted by Crippen LogP contribution is 2.34. The molecule has 0 aliphatic heterocycles. The van der Waals surface area contributed by atoms with E-state index in [1.54, 1.807) is 13.1 Å². The van der Waals surface area contributed by atoms with E-state index in [0.717, 1.165) is 23.5 Å². The Labute approximate surface area is 150 Å². The van der Waals surface area contributed by atoms with Crippen LogP contribution in [0.15, 0.2) is 35.5 Å². The van der Waals surface area contributed by atoms with Crippen LogP contribution in [0.4, 0.5) is 31.5 Å². The molecular formula is C14H8F6N4S2. The normalized spacial score (nSPS) is 13.4. The Bertz CT molecular complexity index is 996. The van der Waals surface area contributed by atoms with Crippen molar-refractivity contribution in [3.05, 3.63) is 50.7 Å². The summed E-state index contributed by atoms with van der Waals surface area (Å²) in [6.45, 7) is 1.70. The van der Waals surface area contributed by atoms with Crippen LogP contribution in [0.2, 0.25) is 0 Å². The minimum Gasteiger partial charge on any atom is -0.292 e. The highest BCUT2D eigenvalue weighted by molar-refractivity contribution is 7.15. The quantitative estimate of drug-likeness (QED) is 0.560. The number of alkyl halides is 6. The van der Waals surface area contributed by atoms with Gasteiger partial charge in [0.1, 0.15) is 0 Å². The maximum Gasteiger partial charge on any atom is 0.445 e. The fourth-order valence-electron chi connectivity index (χ4n) is 2.01. The molecule has 12 heteroatoms. The predicted molar refractivity (Wildman–Crippen MR) is 83.5 cm³/mol. The van der Waals surface area contributed by atoms with Gasteiger partial charge in [0.15, 0.2) is 4.80 Å². The molecule has 0 aliphatic rings. The van der Waals surface area contributed by atoms with Crippen LogP contribution in [0.1, 0.15) is 15.4 Å². The lowest BCUT2D eigenvalue weighted by atomic mass is 10.2. The Morgan fingerprint density at radius 3 is 2.35 bits per heavy atom. The van der Waals surface area contributed by atoms with Gasteiger partial charge in [-0.25, -0.2) is 0 Å². The zero-order valence-corrected chi connectivity index (χ0v) is 14.4. The molecule has 0 saturated carbocycles. The Morgan fingerprint density at radius 2 is 1.73 bits per heavy atom. The molecule has 26 heavy (non-hydrogen) atoms. The van der Waals surface area contributed by atoms with Crippen LogP contribution in [0.5, 0.6) is 0 Å². The lowest BCUT2D eigenvalue weighted by molar-refractivity contribution is -0.138. The van der Waals surface area contributed by atoms with Gasteiger partial charge in [0.25, 0.3) is 0 Å². The van der Waals surface area contributed by atoms with Crippen LogP contribution in [0.25, 0.3) is 5.69 Å². The molecule has 138 valence electrons. The largest absolute Gasteiger partial charge is 0.445 e. The van der Waals surface area contributed by atoms with Gasteiger partial charge in [-0.2, -0.15) is 31.3 Å². The number of halogens is 6. The number of benzene rings is 1. The van der Waals surface area contributed by atoms with Gasteiger partial charge in [-0.15, -0.1) is 21.5 Å². The lowest BCUT2D eigenvalue weighted by Crippen LogP contribution is -2.13. The number of aryl methyl sites for hydroxylation is 1. The molecule has 0 bridgehead atoms. The maximum atomic E-state index is 12.9. The first kappa shape index (κ1) is 18.6. The van der Waals surface area contributed by atoms with Crippen molar-refractivity contribution >= 4 is 27.8 Å². The van der Waals surface area contributed by atoms with E-state index in [9.17, 15) is 26.3 Å². The number of hydrogen-bond donors (Lipinski definition) is 0. The Hall–Kier alpha value is -2.21. The van der Waals surface area contributed by atoms with E-state index in [0.29, 0.717) is 4.88 Å². The molecule has 1 aromatic carbocycles. The van der Waals surface area contributed by atoms with Gasteiger partial charge in [-0.3, -0.25) is 4.57 Å². The van der Waals surface area contributed by atoms with Crippen LogP contribution in [0.3, 0.4) is 0 Å². The minimum atomic E-state index is -4.63. The second-order valence-corrected chi connectivity index (χ2v) is 7.21. The molecule has 4 nitrogen and oxygen atoms in total. The average Bonchev–Trinajstić information content (AvgIpc) is 3.13. The minimum absolute atomic E-state index is 0.184. The summed E-state index contributed by atoms with van der Waals surface area (Å²) in [6.07, 6.45) is -7.60. The van der Waals surface area contributed by atoms with Crippen molar-refractivity contribution in [2.75, 3.05) is 0 Å². The number of thiazole rings is 1. The molecule has 0 unspecified atom stereocenters. The molecule has 0 atom stereocenters. The molecule has 0 aliphatic carbocycles. The topological polar surface area (TPSA) is 43.1 Å². The first-order chi connectivity index (χ1) is 12.0. The molecule has 2 aromatic heterocycles. The third-order valence-corrected chi connectivity index (χ3v) is 4.83. The van der Waals surface area contributed by atoms with Crippen molar-refractivity contribution in [1.82, 2.24) is 14.8 Å². The number of hydrogen-bond acceptors (Lipinski definition) is 5. The smallest absolute Gasteiger partial charge is 0.292 e. The van der Waals surface area contributed by atoms with Gasteiger partial charge in [-0.05, 0) is 25.1 Å². The summed E-state index contributed by atoms with van der Waals surface area (Å²) in [7, 11) is 0. The van der Waals surface area contributed by atoms with Gasteiger partial charge in [0, 0.05) is 16.8 Å². The van der Waals surface area contributed by atoms with Crippen molar-refractivity contribution in [3.63, 3.8) is 0 Å². The number of rotatable bonds is 2. The predicted octanol–water partition coefficient (Wildman–Crippen LogP) is 4.97. The first-order valence-electron chi connectivity index (χ1n) is 6.86. The summed E-state index contributed by atoms with van der Waals surface area (Å²) in [4.78, 5) is 4.91. The van der Waals surface area contributed by atoms with Crippen LogP contribution < -0.4 is 4.80 Å². The molecule has 3 aromatic rings. The van der Waals surface area contributed by atoms with Gasteiger partial charge in [0.2, 0.25) is 10.1 Å². The van der Waals surface area contributed by atoms with Gasteiger partial charge in [0.05, 0.1) is 5.56 Å². The Balaban J connectivity index is 2.08. The summed E-state index contributed by atoms with van der Waals surface area (Å²) in [6, 6.07) is 4.56. The van der Waals surface area contributed by atoms with E-state index < -0.39 is 22.9 Å². The first-order valence-corrected chi connectivity index (χ1v) is 8.49. The second-order valence-electron chi connectivity index (χ2n) is 5.04. The molecule has 0 saturated heterocycles. The fraction of sp³-hybridized carbons (Fsp3) is 0.214. The third kappa shape index (κ3) is 3.96. The molecule has 3 rings (SSSR count). The molecule has 0 N–H and O–H groups in total. The van der Waals surface area contributed by atoms with E-state index in [2.05, 4.69) is 15.2 Å². The summed E-state index contributed by atoms with van der Waals surface area (Å²) in [5, 5.41) is 5.03. The zero-order valence-electron chi connectivity index (χ0n) is 12.8. The fourth-order valence-corrected chi connectivity index (χ4v) is 3.48. The second kappa shape index (κ2) is 6.50. The molecular weight excluding hydrogens is 402 g/mol. The van der Waals surface area contributed by atoms with Crippen LogP contribution in [-0.2, 0) is 12.4 Å². The average molecular weight is 410 g/mol. The van der Waals surface area contributed by atoms with E-state index >= 15 is 0 Å². The lowest BCUT2D eigenvalue weighted by Gasteiger charge is -2.09. The molecule has 0 radical (unpaired) electrons. The highest BCUT2D eigenvalue weighted by atomic mass is 32.1. The summed E-state index contributed by atoms with van der Waals surface area (Å²) < 4.78 is 77.9. The van der Waals surface area contributed by atoms with Crippen molar-refractivity contribution in [2.45, 2.75) is 19.3 Å². The van der Waals surface area contributed by atoms with Crippen LogP contribution >= 0.6 is 22.7 Å². The van der Waals surface area contributed by atoms with E-state index in [1.807, 2.05) is 0 Å². The Kier molecular flexibility index (Phi) is 4.65.